The molecule has 2 N–H and O–H groups in total. The Balaban J connectivity index is 1.85. The molecule has 0 aliphatic heterocycles. The molecule has 2 rings (SSSR count). The van der Waals surface area contributed by atoms with Crippen molar-refractivity contribution in [2.24, 2.45) is 0 Å². The van der Waals surface area contributed by atoms with Crippen LogP contribution in [0.1, 0.15) is 5.56 Å². The number of carbonyl (C=O) groups is 1. The van der Waals surface area contributed by atoms with Crippen LogP contribution in [0.3, 0.4) is 0 Å². The van der Waals surface area contributed by atoms with Crippen molar-refractivity contribution in [3.05, 3.63) is 42.2 Å². The van der Waals surface area contributed by atoms with Crippen LogP contribution in [-0.2, 0) is 22.7 Å². The van der Waals surface area contributed by atoms with Crippen molar-refractivity contribution >= 4 is 11.7 Å². The van der Waals surface area contributed by atoms with Crippen molar-refractivity contribution in [3.8, 4) is 0 Å². The topological polar surface area (TPSA) is 83.0 Å². The molecule has 18 heavy (non-hydrogen) atoms. The summed E-state index contributed by atoms with van der Waals surface area (Å²) in [5.41, 5.74) is 6.41. The van der Waals surface area contributed by atoms with Crippen LogP contribution in [0.5, 0.6) is 0 Å². The van der Waals surface area contributed by atoms with E-state index in [9.17, 15) is 9.18 Å². The summed E-state index contributed by atoms with van der Waals surface area (Å²) in [4.78, 5) is 15.1. The summed E-state index contributed by atoms with van der Waals surface area (Å²) in [7, 11) is 0. The van der Waals surface area contributed by atoms with Crippen molar-refractivity contribution < 1.29 is 13.9 Å². The Bertz CT molecular complexity index is 555. The molecule has 2 aromatic heterocycles. The van der Waals surface area contributed by atoms with Crippen LogP contribution in [0.2, 0.25) is 0 Å². The maximum absolute atomic E-state index is 12.8. The molecule has 2 heterocycles. The van der Waals surface area contributed by atoms with Gasteiger partial charge in [-0.25, -0.2) is 4.39 Å². The molecule has 0 saturated carbocycles. The summed E-state index contributed by atoms with van der Waals surface area (Å²) >= 11 is 0. The second-order valence-corrected chi connectivity index (χ2v) is 3.64. The van der Waals surface area contributed by atoms with Gasteiger partial charge in [-0.3, -0.25) is 14.5 Å². The largest absolute Gasteiger partial charge is 0.459 e. The van der Waals surface area contributed by atoms with E-state index < -0.39 is 11.8 Å². The Morgan fingerprint density at radius 1 is 1.44 bits per heavy atom. The highest BCUT2D eigenvalue weighted by atomic mass is 19.1. The lowest BCUT2D eigenvalue weighted by Crippen LogP contribution is -2.13. The molecule has 0 unspecified atom stereocenters. The Morgan fingerprint density at radius 2 is 2.28 bits per heavy atom. The predicted octanol–water partition coefficient (Wildman–Crippen LogP) is 0.743. The van der Waals surface area contributed by atoms with E-state index in [4.69, 9.17) is 10.5 Å². The van der Waals surface area contributed by atoms with Crippen LogP contribution in [0.4, 0.5) is 10.1 Å². The smallest absolute Gasteiger partial charge is 0.328 e. The highest BCUT2D eigenvalue weighted by molar-refractivity contribution is 5.69. The first kappa shape index (κ1) is 12.0. The number of hydrogen-bond donors (Lipinski definition) is 1. The fourth-order valence-electron chi connectivity index (χ4n) is 1.34. The average molecular weight is 250 g/mol. The summed E-state index contributed by atoms with van der Waals surface area (Å²) in [6.45, 7) is -0.0692. The molecule has 0 aliphatic carbocycles. The summed E-state index contributed by atoms with van der Waals surface area (Å²) in [5, 5.41) is 3.84. The highest BCUT2D eigenvalue weighted by Crippen LogP contribution is 2.03. The molecule has 0 aromatic carbocycles. The summed E-state index contributed by atoms with van der Waals surface area (Å²) in [6, 6.07) is 1.26. The Kier molecular flexibility index (Phi) is 3.52. The third-order valence-electron chi connectivity index (χ3n) is 2.11. The molecule has 0 bridgehead atoms. The molecule has 0 amide bonds. The third kappa shape index (κ3) is 3.27. The van der Waals surface area contributed by atoms with E-state index in [2.05, 4.69) is 10.1 Å². The number of anilines is 1. The van der Waals surface area contributed by atoms with E-state index in [1.807, 2.05) is 0 Å². The van der Waals surface area contributed by atoms with E-state index in [-0.39, 0.29) is 13.2 Å². The number of nitrogens with two attached hydrogens (primary N) is 1. The molecule has 2 aromatic rings. The standard InChI is InChI=1S/C11H11FN4O2/c12-9-1-8(2-14-3-9)7-18-11(17)6-16-5-10(13)4-15-16/h1-5H,6-7,13H2. The van der Waals surface area contributed by atoms with Crippen LogP contribution in [0.25, 0.3) is 0 Å². The number of pyridine rings is 1. The predicted molar refractivity (Wildman–Crippen MR) is 60.6 cm³/mol. The third-order valence-corrected chi connectivity index (χ3v) is 2.11. The van der Waals surface area contributed by atoms with Crippen LogP contribution >= 0.6 is 0 Å². The number of aromatic nitrogens is 3. The normalized spacial score (nSPS) is 10.3. The minimum absolute atomic E-state index is 0.0274. The zero-order valence-electron chi connectivity index (χ0n) is 9.41. The molecular weight excluding hydrogens is 239 g/mol. The summed E-state index contributed by atoms with van der Waals surface area (Å²) < 4.78 is 19.1. The fourth-order valence-corrected chi connectivity index (χ4v) is 1.34. The zero-order valence-corrected chi connectivity index (χ0v) is 9.41. The van der Waals surface area contributed by atoms with Crippen LogP contribution < -0.4 is 5.73 Å². The molecule has 0 atom stereocenters. The number of nitrogens with zero attached hydrogens (tertiary/aromatic N) is 3. The fraction of sp³-hybridized carbons (Fsp3) is 0.182. The molecule has 6 nitrogen and oxygen atoms in total. The lowest BCUT2D eigenvalue weighted by molar-refractivity contribution is -0.145. The molecule has 94 valence electrons. The van der Waals surface area contributed by atoms with Crippen molar-refractivity contribution in [2.75, 3.05) is 5.73 Å². The van der Waals surface area contributed by atoms with Gasteiger partial charge >= 0.3 is 5.97 Å². The summed E-state index contributed by atoms with van der Waals surface area (Å²) in [6.07, 6.45) is 5.47. The average Bonchev–Trinajstić information content (AvgIpc) is 2.72. The van der Waals surface area contributed by atoms with Crippen molar-refractivity contribution in [2.45, 2.75) is 13.2 Å². The number of nitrogen functional groups attached to an aromatic ring is 1. The number of esters is 1. The first-order chi connectivity index (χ1) is 8.63. The van der Waals surface area contributed by atoms with Gasteiger partial charge in [0.15, 0.2) is 0 Å². The monoisotopic (exact) mass is 250 g/mol. The van der Waals surface area contributed by atoms with Crippen molar-refractivity contribution in [1.82, 2.24) is 14.8 Å². The quantitative estimate of drug-likeness (QED) is 0.809. The molecule has 0 spiro atoms. The van der Waals surface area contributed by atoms with Gasteiger partial charge in [-0.05, 0) is 6.07 Å². The maximum atomic E-state index is 12.8. The van der Waals surface area contributed by atoms with Gasteiger partial charge in [-0.15, -0.1) is 0 Å². The van der Waals surface area contributed by atoms with E-state index >= 15 is 0 Å². The van der Waals surface area contributed by atoms with Crippen LogP contribution in [-0.4, -0.2) is 20.7 Å². The van der Waals surface area contributed by atoms with E-state index in [0.29, 0.717) is 11.3 Å². The van der Waals surface area contributed by atoms with Gasteiger partial charge < -0.3 is 10.5 Å². The van der Waals surface area contributed by atoms with Gasteiger partial charge in [-0.2, -0.15) is 5.10 Å². The van der Waals surface area contributed by atoms with E-state index in [1.54, 1.807) is 0 Å². The van der Waals surface area contributed by atoms with Crippen molar-refractivity contribution in [3.63, 3.8) is 0 Å². The second kappa shape index (κ2) is 5.26. The number of rotatable bonds is 4. The number of hydrogen-bond acceptors (Lipinski definition) is 5. The number of carbonyl (C=O) groups excluding carboxylic acids is 1. The second-order valence-electron chi connectivity index (χ2n) is 3.64. The minimum atomic E-state index is -0.484. The van der Waals surface area contributed by atoms with Crippen LogP contribution in [0, 0.1) is 5.82 Å². The van der Waals surface area contributed by atoms with Gasteiger partial charge in [0.1, 0.15) is 19.0 Å². The van der Waals surface area contributed by atoms with E-state index in [1.165, 1.54) is 29.3 Å². The zero-order chi connectivity index (χ0) is 13.0. The molecular formula is C11H11FN4O2. The van der Waals surface area contributed by atoms with Gasteiger partial charge in [-0.1, -0.05) is 0 Å². The summed E-state index contributed by atoms with van der Waals surface area (Å²) in [5.74, 6) is -0.953. The van der Waals surface area contributed by atoms with Gasteiger partial charge in [0.25, 0.3) is 0 Å². The Hall–Kier alpha value is -2.44. The van der Waals surface area contributed by atoms with Gasteiger partial charge in [0.2, 0.25) is 0 Å². The first-order valence-electron chi connectivity index (χ1n) is 5.16. The van der Waals surface area contributed by atoms with E-state index in [0.717, 1.165) is 6.20 Å². The van der Waals surface area contributed by atoms with Crippen molar-refractivity contribution in [1.29, 1.82) is 0 Å². The lowest BCUT2D eigenvalue weighted by Gasteiger charge is -2.04. The SMILES string of the molecule is Nc1cnn(CC(=O)OCc2cncc(F)c2)c1. The maximum Gasteiger partial charge on any atom is 0.328 e. The first-order valence-corrected chi connectivity index (χ1v) is 5.16. The molecule has 0 saturated heterocycles. The Morgan fingerprint density at radius 3 is 2.94 bits per heavy atom. The number of ether oxygens (including phenoxy) is 1. The van der Waals surface area contributed by atoms with Gasteiger partial charge in [0.05, 0.1) is 18.1 Å². The molecule has 7 heteroatoms. The minimum Gasteiger partial charge on any atom is -0.459 e. The molecule has 0 fully saturated rings. The van der Waals surface area contributed by atoms with Crippen LogP contribution in [0.15, 0.2) is 30.9 Å². The highest BCUT2D eigenvalue weighted by Gasteiger charge is 2.06. The Labute approximate surface area is 102 Å². The molecule has 0 aliphatic rings. The lowest BCUT2D eigenvalue weighted by atomic mass is 10.3. The van der Waals surface area contributed by atoms with Gasteiger partial charge in [0, 0.05) is 18.0 Å². The molecule has 0 radical (unpaired) electrons. The number of halogens is 1.